The number of nitrogen functional groups attached to an aromatic ring is 1. The third-order valence-electron chi connectivity index (χ3n) is 2.50. The van der Waals surface area contributed by atoms with Crippen LogP contribution in [0.5, 0.6) is 0 Å². The Morgan fingerprint density at radius 2 is 1.62 bits per heavy atom. The van der Waals surface area contributed by atoms with Gasteiger partial charge in [0.1, 0.15) is 4.90 Å². The van der Waals surface area contributed by atoms with E-state index >= 15 is 0 Å². The second-order valence-corrected chi connectivity index (χ2v) is 6.61. The Hall–Kier alpha value is -1.74. The number of nitrogens with two attached hydrogens (primary N) is 1. The lowest BCUT2D eigenvalue weighted by Crippen LogP contribution is -2.15. The first-order valence-corrected chi connectivity index (χ1v) is 7.71. The van der Waals surface area contributed by atoms with Gasteiger partial charge in [-0.05, 0) is 18.2 Å². The fraction of sp³-hybridized carbons (Fsp3) is 0. The van der Waals surface area contributed by atoms with Gasteiger partial charge in [0.05, 0.1) is 11.4 Å². The van der Waals surface area contributed by atoms with Crippen molar-refractivity contribution in [3.05, 3.63) is 52.3 Å². The average molecular weight is 381 g/mol. The number of anilines is 2. The monoisotopic (exact) mass is 380 g/mol. The van der Waals surface area contributed by atoms with E-state index in [4.69, 9.17) is 5.73 Å². The molecule has 2 rings (SSSR count). The van der Waals surface area contributed by atoms with Crippen molar-refractivity contribution in [3.8, 4) is 0 Å². The lowest BCUT2D eigenvalue weighted by atomic mass is 10.3. The zero-order valence-corrected chi connectivity index (χ0v) is 12.6. The maximum absolute atomic E-state index is 13.1. The van der Waals surface area contributed by atoms with Crippen molar-refractivity contribution in [2.24, 2.45) is 0 Å². The van der Waals surface area contributed by atoms with Crippen molar-refractivity contribution in [2.45, 2.75) is 4.90 Å². The Kier molecular flexibility index (Phi) is 4.15. The molecule has 0 aliphatic rings. The van der Waals surface area contributed by atoms with E-state index in [1.165, 1.54) is 18.2 Å². The molecule has 0 aliphatic carbocycles. The maximum Gasteiger partial charge on any atom is 0.263 e. The smallest absolute Gasteiger partial charge is 0.263 e. The lowest BCUT2D eigenvalue weighted by molar-refractivity contribution is 0.448. The van der Waals surface area contributed by atoms with E-state index in [-0.39, 0.29) is 10.6 Å². The molecule has 0 spiro atoms. The van der Waals surface area contributed by atoms with Gasteiger partial charge in [0.25, 0.3) is 10.0 Å². The predicted molar refractivity (Wildman–Crippen MR) is 75.7 cm³/mol. The third kappa shape index (κ3) is 3.30. The van der Waals surface area contributed by atoms with Gasteiger partial charge in [0.2, 0.25) is 0 Å². The van der Waals surface area contributed by atoms with Crippen LogP contribution in [0.4, 0.5) is 24.5 Å². The second kappa shape index (κ2) is 5.57. The molecule has 0 aliphatic heterocycles. The molecular formula is C12H8BrF3N2O2S. The van der Waals surface area contributed by atoms with Crippen LogP contribution in [-0.2, 0) is 10.0 Å². The molecule has 0 saturated carbocycles. The van der Waals surface area contributed by atoms with Gasteiger partial charge in [-0.1, -0.05) is 15.9 Å². The van der Waals surface area contributed by atoms with Crippen LogP contribution in [0.25, 0.3) is 0 Å². The summed E-state index contributed by atoms with van der Waals surface area (Å²) in [7, 11) is -4.17. The number of hydrogen-bond donors (Lipinski definition) is 2. The van der Waals surface area contributed by atoms with Gasteiger partial charge in [0.15, 0.2) is 17.5 Å². The van der Waals surface area contributed by atoms with Gasteiger partial charge in [-0.2, -0.15) is 0 Å². The van der Waals surface area contributed by atoms with Crippen LogP contribution in [0.1, 0.15) is 0 Å². The summed E-state index contributed by atoms with van der Waals surface area (Å²) in [6, 6.07) is 5.18. The van der Waals surface area contributed by atoms with E-state index in [0.717, 1.165) is 0 Å². The fourth-order valence-electron chi connectivity index (χ4n) is 1.57. The molecule has 9 heteroatoms. The molecule has 0 unspecified atom stereocenters. The van der Waals surface area contributed by atoms with Crippen LogP contribution in [-0.4, -0.2) is 8.42 Å². The van der Waals surface area contributed by atoms with E-state index in [0.29, 0.717) is 16.6 Å². The predicted octanol–water partition coefficient (Wildman–Crippen LogP) is 3.25. The lowest BCUT2D eigenvalue weighted by Gasteiger charge is -2.11. The quantitative estimate of drug-likeness (QED) is 0.634. The minimum Gasteiger partial charge on any atom is -0.398 e. The van der Waals surface area contributed by atoms with Gasteiger partial charge < -0.3 is 5.73 Å². The fourth-order valence-corrected chi connectivity index (χ4v) is 3.28. The van der Waals surface area contributed by atoms with Crippen LogP contribution in [0.15, 0.2) is 39.7 Å². The Morgan fingerprint density at radius 1 is 1.05 bits per heavy atom. The van der Waals surface area contributed by atoms with E-state index < -0.39 is 33.2 Å². The highest BCUT2D eigenvalue weighted by molar-refractivity contribution is 9.10. The Balaban J connectivity index is 2.45. The Morgan fingerprint density at radius 3 is 2.19 bits per heavy atom. The van der Waals surface area contributed by atoms with E-state index in [1.807, 2.05) is 4.72 Å². The Bertz CT molecular complexity index is 789. The first-order valence-electron chi connectivity index (χ1n) is 5.43. The van der Waals surface area contributed by atoms with Crippen molar-refractivity contribution in [1.82, 2.24) is 0 Å². The van der Waals surface area contributed by atoms with Crippen LogP contribution in [0, 0.1) is 17.5 Å². The topological polar surface area (TPSA) is 72.2 Å². The summed E-state index contributed by atoms with van der Waals surface area (Å²) in [5.41, 5.74) is 5.06. The van der Waals surface area contributed by atoms with Crippen molar-refractivity contribution in [2.75, 3.05) is 10.5 Å². The minimum atomic E-state index is -4.17. The second-order valence-electron chi connectivity index (χ2n) is 4.04. The van der Waals surface area contributed by atoms with Crippen LogP contribution in [0.3, 0.4) is 0 Å². The molecule has 3 N–H and O–H groups in total. The van der Waals surface area contributed by atoms with Crippen molar-refractivity contribution >= 4 is 37.3 Å². The molecule has 0 saturated heterocycles. The van der Waals surface area contributed by atoms with Gasteiger partial charge >= 0.3 is 0 Å². The molecule has 112 valence electrons. The first kappa shape index (κ1) is 15.6. The maximum atomic E-state index is 13.1. The largest absolute Gasteiger partial charge is 0.398 e. The highest BCUT2D eigenvalue weighted by Gasteiger charge is 2.20. The van der Waals surface area contributed by atoms with Crippen LogP contribution in [0.2, 0.25) is 0 Å². The SMILES string of the molecule is Nc1ccc(Br)cc1S(=O)(=O)Nc1cc(F)c(F)c(F)c1. The third-order valence-corrected chi connectivity index (χ3v) is 4.43. The van der Waals surface area contributed by atoms with Gasteiger partial charge in [0, 0.05) is 16.6 Å². The standard InChI is InChI=1S/C12H8BrF3N2O2S/c13-6-1-2-10(17)11(3-6)21(19,20)18-7-4-8(14)12(16)9(15)5-7/h1-5,18H,17H2. The number of hydrogen-bond acceptors (Lipinski definition) is 3. The highest BCUT2D eigenvalue weighted by Crippen LogP contribution is 2.26. The minimum absolute atomic E-state index is 0.0474. The molecule has 0 bridgehead atoms. The van der Waals surface area contributed by atoms with Crippen molar-refractivity contribution in [3.63, 3.8) is 0 Å². The van der Waals surface area contributed by atoms with Crippen LogP contribution >= 0.6 is 15.9 Å². The number of benzene rings is 2. The molecule has 0 radical (unpaired) electrons. The molecule has 21 heavy (non-hydrogen) atoms. The number of sulfonamides is 1. The number of halogens is 4. The Labute approximate surface area is 127 Å². The van der Waals surface area contributed by atoms with Gasteiger partial charge in [-0.3, -0.25) is 4.72 Å². The van der Waals surface area contributed by atoms with Gasteiger partial charge in [-0.25, -0.2) is 21.6 Å². The average Bonchev–Trinajstić information content (AvgIpc) is 2.38. The van der Waals surface area contributed by atoms with Crippen LogP contribution < -0.4 is 10.5 Å². The van der Waals surface area contributed by atoms with Gasteiger partial charge in [-0.15, -0.1) is 0 Å². The molecule has 0 aromatic heterocycles. The first-order chi connectivity index (χ1) is 9.70. The summed E-state index contributed by atoms with van der Waals surface area (Å²) in [4.78, 5) is -0.276. The molecule has 2 aromatic rings. The normalized spacial score (nSPS) is 11.4. The van der Waals surface area contributed by atoms with Crippen molar-refractivity contribution < 1.29 is 21.6 Å². The molecular weight excluding hydrogens is 373 g/mol. The molecule has 2 aromatic carbocycles. The van der Waals surface area contributed by atoms with E-state index in [9.17, 15) is 21.6 Å². The molecule has 4 nitrogen and oxygen atoms in total. The summed E-state index contributed by atoms with van der Waals surface area (Å²) >= 11 is 3.09. The van der Waals surface area contributed by atoms with E-state index in [1.54, 1.807) is 0 Å². The molecule has 0 atom stereocenters. The van der Waals surface area contributed by atoms with Crippen molar-refractivity contribution in [1.29, 1.82) is 0 Å². The van der Waals surface area contributed by atoms with E-state index in [2.05, 4.69) is 15.9 Å². The number of rotatable bonds is 3. The summed E-state index contributed by atoms with van der Waals surface area (Å²) < 4.78 is 65.6. The zero-order valence-electron chi connectivity index (χ0n) is 10.2. The summed E-state index contributed by atoms with van der Waals surface area (Å²) in [5.74, 6) is -4.69. The molecule has 0 fully saturated rings. The summed E-state index contributed by atoms with van der Waals surface area (Å²) in [6.45, 7) is 0. The highest BCUT2D eigenvalue weighted by atomic mass is 79.9. The molecule has 0 amide bonds. The summed E-state index contributed by atoms with van der Waals surface area (Å²) in [6.07, 6.45) is 0. The zero-order chi connectivity index (χ0) is 15.8. The number of nitrogens with one attached hydrogen (secondary N) is 1. The summed E-state index contributed by atoms with van der Waals surface area (Å²) in [5, 5.41) is 0. The molecule has 0 heterocycles.